The predicted octanol–water partition coefficient (Wildman–Crippen LogP) is 2.37. The first-order valence-corrected chi connectivity index (χ1v) is 5.42. The maximum Gasteiger partial charge on any atom is 0.00983 e. The van der Waals surface area contributed by atoms with Gasteiger partial charge >= 0.3 is 0 Å². The summed E-state index contributed by atoms with van der Waals surface area (Å²) in [7, 11) is 2.29. The average Bonchev–Trinajstić information content (AvgIpc) is 2.60. The van der Waals surface area contributed by atoms with Gasteiger partial charge in [-0.25, -0.2) is 0 Å². The molecule has 0 aromatic heterocycles. The van der Waals surface area contributed by atoms with Crippen molar-refractivity contribution in [3.63, 3.8) is 0 Å². The van der Waals surface area contributed by atoms with Crippen LogP contribution in [-0.2, 0) is 0 Å². The molecule has 4 unspecified atom stereocenters. The van der Waals surface area contributed by atoms with Crippen molar-refractivity contribution in [3.05, 3.63) is 0 Å². The lowest BCUT2D eigenvalue weighted by molar-refractivity contribution is 0.166. The highest BCUT2D eigenvalue weighted by Crippen LogP contribution is 2.45. The molecule has 4 atom stereocenters. The molecule has 1 aliphatic carbocycles. The molecule has 1 aliphatic heterocycles. The zero-order valence-corrected chi connectivity index (χ0v) is 8.59. The van der Waals surface area contributed by atoms with Crippen LogP contribution >= 0.6 is 0 Å². The molecule has 0 radical (unpaired) electrons. The van der Waals surface area contributed by atoms with E-state index in [1.807, 2.05) is 0 Å². The smallest absolute Gasteiger partial charge is 0.00983 e. The third-order valence-electron chi connectivity index (χ3n) is 4.25. The number of hydrogen-bond acceptors (Lipinski definition) is 1. The number of likely N-dealkylation sites (tertiary alicyclic amines) is 1. The van der Waals surface area contributed by atoms with Crippen LogP contribution in [0.3, 0.4) is 0 Å². The fourth-order valence-electron chi connectivity index (χ4n) is 3.22. The van der Waals surface area contributed by atoms with Gasteiger partial charge in [0.2, 0.25) is 0 Å². The third kappa shape index (κ3) is 1.19. The topological polar surface area (TPSA) is 3.24 Å². The Morgan fingerprint density at radius 3 is 2.58 bits per heavy atom. The van der Waals surface area contributed by atoms with Crippen molar-refractivity contribution in [1.29, 1.82) is 0 Å². The fraction of sp³-hybridized carbons (Fsp3) is 1.00. The van der Waals surface area contributed by atoms with Gasteiger partial charge < -0.3 is 4.90 Å². The lowest BCUT2D eigenvalue weighted by Gasteiger charge is -2.31. The highest BCUT2D eigenvalue weighted by Gasteiger charge is 2.44. The van der Waals surface area contributed by atoms with Crippen LogP contribution in [0.25, 0.3) is 0 Å². The Hall–Kier alpha value is -0.0400. The van der Waals surface area contributed by atoms with E-state index in [0.29, 0.717) is 0 Å². The van der Waals surface area contributed by atoms with Crippen LogP contribution in [0.4, 0.5) is 0 Å². The second-order valence-corrected chi connectivity index (χ2v) is 4.87. The second-order valence-electron chi connectivity index (χ2n) is 4.87. The Kier molecular flexibility index (Phi) is 2.16. The molecule has 1 saturated carbocycles. The van der Waals surface area contributed by atoms with Crippen LogP contribution in [0.15, 0.2) is 0 Å². The Morgan fingerprint density at radius 2 is 2.17 bits per heavy atom. The molecule has 1 saturated heterocycles. The Labute approximate surface area is 76.1 Å². The Balaban J connectivity index is 1.98. The van der Waals surface area contributed by atoms with Gasteiger partial charge in [0.15, 0.2) is 0 Å². The van der Waals surface area contributed by atoms with Crippen molar-refractivity contribution >= 4 is 0 Å². The first kappa shape index (κ1) is 8.55. The first-order chi connectivity index (χ1) is 5.72. The maximum atomic E-state index is 2.56. The third-order valence-corrected chi connectivity index (χ3v) is 4.25. The summed E-state index contributed by atoms with van der Waals surface area (Å²) in [5.41, 5.74) is 0. The van der Waals surface area contributed by atoms with Gasteiger partial charge in [0.05, 0.1) is 0 Å². The predicted molar refractivity (Wildman–Crippen MR) is 52.1 cm³/mol. The number of fused-ring (bicyclic) bond motifs is 2. The van der Waals surface area contributed by atoms with E-state index in [1.54, 1.807) is 0 Å². The minimum Gasteiger partial charge on any atom is -0.303 e. The van der Waals surface area contributed by atoms with Gasteiger partial charge in [-0.2, -0.15) is 0 Å². The Bertz CT molecular complexity index is 164. The van der Waals surface area contributed by atoms with Gasteiger partial charge in [-0.3, -0.25) is 0 Å². The van der Waals surface area contributed by atoms with Gasteiger partial charge in [-0.15, -0.1) is 0 Å². The summed E-state index contributed by atoms with van der Waals surface area (Å²) in [6.07, 6.45) is 4.35. The lowest BCUT2D eigenvalue weighted by Crippen LogP contribution is -2.34. The molecule has 2 bridgehead atoms. The van der Waals surface area contributed by atoms with Crippen LogP contribution < -0.4 is 0 Å². The molecule has 0 N–H and O–H groups in total. The summed E-state index contributed by atoms with van der Waals surface area (Å²) in [6, 6.07) is 0.939. The zero-order chi connectivity index (χ0) is 8.72. The van der Waals surface area contributed by atoms with E-state index in [-0.39, 0.29) is 0 Å². The van der Waals surface area contributed by atoms with Crippen molar-refractivity contribution in [3.8, 4) is 0 Å². The quantitative estimate of drug-likeness (QED) is 0.610. The number of nitrogens with zero attached hydrogens (tertiary/aromatic N) is 1. The molecule has 1 heteroatoms. The van der Waals surface area contributed by atoms with Crippen molar-refractivity contribution in [2.45, 2.75) is 39.2 Å². The summed E-state index contributed by atoms with van der Waals surface area (Å²) >= 11 is 0. The van der Waals surface area contributed by atoms with E-state index in [4.69, 9.17) is 0 Å². The standard InChI is InChI=1S/C11H21N/c1-4-8(2)11-6-10-5-9(11)7-12(10)3/h8-11H,4-7H2,1-3H3. The van der Waals surface area contributed by atoms with Crippen molar-refractivity contribution < 1.29 is 0 Å². The fourth-order valence-corrected chi connectivity index (χ4v) is 3.22. The minimum atomic E-state index is 0.939. The number of hydrogen-bond donors (Lipinski definition) is 0. The molecule has 1 heterocycles. The van der Waals surface area contributed by atoms with Crippen LogP contribution in [0.2, 0.25) is 0 Å². The lowest BCUT2D eigenvalue weighted by atomic mass is 9.82. The van der Waals surface area contributed by atoms with E-state index in [1.165, 1.54) is 25.8 Å². The van der Waals surface area contributed by atoms with Crippen molar-refractivity contribution in [2.24, 2.45) is 17.8 Å². The van der Waals surface area contributed by atoms with Gasteiger partial charge in [-0.1, -0.05) is 20.3 Å². The van der Waals surface area contributed by atoms with E-state index in [9.17, 15) is 0 Å². The highest BCUT2D eigenvalue weighted by atomic mass is 15.2. The van der Waals surface area contributed by atoms with Crippen LogP contribution in [0, 0.1) is 17.8 Å². The van der Waals surface area contributed by atoms with Gasteiger partial charge in [-0.05, 0) is 37.6 Å². The Morgan fingerprint density at radius 1 is 1.42 bits per heavy atom. The second kappa shape index (κ2) is 3.02. The summed E-state index contributed by atoms with van der Waals surface area (Å²) in [5.74, 6) is 3.06. The molecule has 0 spiro atoms. The molecule has 2 aliphatic rings. The summed E-state index contributed by atoms with van der Waals surface area (Å²) in [4.78, 5) is 2.56. The molecular weight excluding hydrogens is 146 g/mol. The molecular formula is C11H21N. The largest absolute Gasteiger partial charge is 0.303 e. The average molecular weight is 167 g/mol. The van der Waals surface area contributed by atoms with E-state index >= 15 is 0 Å². The van der Waals surface area contributed by atoms with Gasteiger partial charge in [0, 0.05) is 12.6 Å². The zero-order valence-electron chi connectivity index (χ0n) is 8.59. The summed E-state index contributed by atoms with van der Waals surface area (Å²) < 4.78 is 0. The van der Waals surface area contributed by atoms with Crippen LogP contribution in [0.5, 0.6) is 0 Å². The van der Waals surface area contributed by atoms with E-state index < -0.39 is 0 Å². The minimum absolute atomic E-state index is 0.939. The van der Waals surface area contributed by atoms with E-state index in [2.05, 4.69) is 25.8 Å². The van der Waals surface area contributed by atoms with Crippen molar-refractivity contribution in [2.75, 3.05) is 13.6 Å². The molecule has 0 aromatic carbocycles. The van der Waals surface area contributed by atoms with Gasteiger partial charge in [0.1, 0.15) is 0 Å². The van der Waals surface area contributed by atoms with Crippen molar-refractivity contribution in [1.82, 2.24) is 4.90 Å². The molecule has 2 rings (SSSR count). The molecule has 0 aromatic rings. The van der Waals surface area contributed by atoms with Crippen LogP contribution in [0.1, 0.15) is 33.1 Å². The summed E-state index contributed by atoms with van der Waals surface area (Å²) in [5, 5.41) is 0. The molecule has 70 valence electrons. The van der Waals surface area contributed by atoms with Gasteiger partial charge in [0.25, 0.3) is 0 Å². The maximum absolute atomic E-state index is 2.56. The molecule has 1 nitrogen and oxygen atoms in total. The highest BCUT2D eigenvalue weighted by molar-refractivity contribution is 4.97. The number of piperidine rings is 1. The normalized spacial score (nSPS) is 43.8. The molecule has 0 amide bonds. The van der Waals surface area contributed by atoms with Crippen LogP contribution in [-0.4, -0.2) is 24.5 Å². The first-order valence-electron chi connectivity index (χ1n) is 5.42. The number of rotatable bonds is 2. The molecule has 2 fully saturated rings. The molecule has 12 heavy (non-hydrogen) atoms. The van der Waals surface area contributed by atoms with E-state index in [0.717, 1.165) is 23.8 Å². The monoisotopic (exact) mass is 167 g/mol. The summed E-state index contributed by atoms with van der Waals surface area (Å²) in [6.45, 7) is 6.14. The SMILES string of the molecule is CCC(C)C1CC2CC1CN2C.